The molecule has 3 aromatic rings. The summed E-state index contributed by atoms with van der Waals surface area (Å²) in [6, 6.07) is 17.0. The second-order valence-electron chi connectivity index (χ2n) is 8.30. The van der Waals surface area contributed by atoms with Gasteiger partial charge < -0.3 is 9.88 Å². The normalized spacial score (nSPS) is 16.3. The second kappa shape index (κ2) is 8.85. The van der Waals surface area contributed by atoms with Crippen molar-refractivity contribution >= 4 is 26.8 Å². The first kappa shape index (κ1) is 21.6. The molecule has 31 heavy (non-hydrogen) atoms. The topological polar surface area (TPSA) is 71.4 Å². The highest BCUT2D eigenvalue weighted by molar-refractivity contribution is 7.89. The summed E-state index contributed by atoms with van der Waals surface area (Å²) in [4.78, 5) is 13.1. The molecule has 1 atom stereocenters. The Morgan fingerprint density at radius 1 is 1.03 bits per heavy atom. The summed E-state index contributed by atoms with van der Waals surface area (Å²) in [6.45, 7) is 3.75. The number of aromatic nitrogens is 1. The van der Waals surface area contributed by atoms with Crippen LogP contribution in [0.5, 0.6) is 0 Å². The Morgan fingerprint density at radius 3 is 2.45 bits per heavy atom. The van der Waals surface area contributed by atoms with E-state index >= 15 is 0 Å². The van der Waals surface area contributed by atoms with E-state index in [1.165, 1.54) is 5.56 Å². The van der Waals surface area contributed by atoms with Gasteiger partial charge in [0.15, 0.2) is 0 Å². The summed E-state index contributed by atoms with van der Waals surface area (Å²) in [5.74, 6) is 0.0306. The van der Waals surface area contributed by atoms with Gasteiger partial charge in [-0.3, -0.25) is 4.79 Å². The Kier molecular flexibility index (Phi) is 6.16. The third kappa shape index (κ3) is 4.38. The van der Waals surface area contributed by atoms with Gasteiger partial charge in [-0.25, -0.2) is 8.42 Å². The van der Waals surface area contributed by atoms with Crippen LogP contribution < -0.4 is 5.32 Å². The number of piperidine rings is 1. The highest BCUT2D eigenvalue weighted by atomic mass is 32.2. The summed E-state index contributed by atoms with van der Waals surface area (Å²) in [5, 5.41) is 3.76. The minimum atomic E-state index is -3.51. The first-order chi connectivity index (χ1) is 14.9. The van der Waals surface area contributed by atoms with Gasteiger partial charge in [0.2, 0.25) is 10.0 Å². The molecule has 164 valence electrons. The first-order valence-electron chi connectivity index (χ1n) is 10.8. The van der Waals surface area contributed by atoms with E-state index in [1.54, 1.807) is 28.6 Å². The van der Waals surface area contributed by atoms with Gasteiger partial charge in [-0.05, 0) is 48.6 Å². The largest absolute Gasteiger partial charge is 0.350 e. The van der Waals surface area contributed by atoms with Gasteiger partial charge in [0.1, 0.15) is 5.69 Å². The number of nitrogens with one attached hydrogen (secondary N) is 1. The van der Waals surface area contributed by atoms with E-state index in [0.29, 0.717) is 25.3 Å². The van der Waals surface area contributed by atoms with Crippen molar-refractivity contribution in [1.82, 2.24) is 14.2 Å². The first-order valence-corrected chi connectivity index (χ1v) is 12.2. The van der Waals surface area contributed by atoms with E-state index in [1.807, 2.05) is 29.8 Å². The fraction of sp³-hybridized carbons (Fsp3) is 0.375. The fourth-order valence-electron chi connectivity index (χ4n) is 4.20. The van der Waals surface area contributed by atoms with E-state index in [2.05, 4.69) is 24.4 Å². The maximum absolute atomic E-state index is 13.0. The van der Waals surface area contributed by atoms with Crippen LogP contribution in [0.4, 0.5) is 0 Å². The van der Waals surface area contributed by atoms with Crippen molar-refractivity contribution in [3.05, 3.63) is 65.9 Å². The van der Waals surface area contributed by atoms with Gasteiger partial charge in [-0.1, -0.05) is 43.7 Å². The number of rotatable bonds is 6. The molecule has 4 rings (SSSR count). The third-order valence-corrected chi connectivity index (χ3v) is 8.03. The van der Waals surface area contributed by atoms with Crippen molar-refractivity contribution in [3.8, 4) is 0 Å². The van der Waals surface area contributed by atoms with Crippen molar-refractivity contribution in [1.29, 1.82) is 0 Å². The van der Waals surface area contributed by atoms with Gasteiger partial charge in [-0.2, -0.15) is 4.31 Å². The second-order valence-corrected chi connectivity index (χ2v) is 10.2. The van der Waals surface area contributed by atoms with Crippen LogP contribution in [0.2, 0.25) is 0 Å². The van der Waals surface area contributed by atoms with Gasteiger partial charge in [0, 0.05) is 37.6 Å². The monoisotopic (exact) mass is 439 g/mol. The lowest BCUT2D eigenvalue weighted by molar-refractivity contribution is 0.0944. The Hall–Kier alpha value is -2.64. The average molecular weight is 440 g/mol. The van der Waals surface area contributed by atoms with Crippen molar-refractivity contribution in [2.45, 2.75) is 37.0 Å². The molecule has 2 heterocycles. The van der Waals surface area contributed by atoms with E-state index < -0.39 is 10.0 Å². The molecule has 1 N–H and O–H groups in total. The zero-order chi connectivity index (χ0) is 22.0. The van der Waals surface area contributed by atoms with Crippen LogP contribution in [0.1, 0.15) is 48.2 Å². The van der Waals surface area contributed by atoms with Crippen LogP contribution in [0, 0.1) is 0 Å². The molecule has 1 aromatic heterocycles. The lowest BCUT2D eigenvalue weighted by atomic mass is 10.0. The Morgan fingerprint density at radius 2 is 1.74 bits per heavy atom. The molecule has 0 bridgehead atoms. The van der Waals surface area contributed by atoms with Crippen LogP contribution in [0.15, 0.2) is 59.5 Å². The Labute approximate surface area is 183 Å². The molecule has 2 aromatic carbocycles. The Bertz CT molecular complexity index is 1180. The van der Waals surface area contributed by atoms with Gasteiger partial charge in [-0.15, -0.1) is 0 Å². The van der Waals surface area contributed by atoms with E-state index in [9.17, 15) is 13.2 Å². The molecule has 6 nitrogen and oxygen atoms in total. The maximum atomic E-state index is 13.0. The SMILES string of the molecule is CC(CNC(=O)c1cc2cc(S(=O)(=O)N3CCCCC3)ccc2n1C)c1ccccc1. The lowest BCUT2D eigenvalue weighted by Gasteiger charge is -2.25. The molecular weight excluding hydrogens is 410 g/mol. The highest BCUT2D eigenvalue weighted by Crippen LogP contribution is 2.26. The summed E-state index contributed by atoms with van der Waals surface area (Å²) in [6.07, 6.45) is 2.88. The predicted octanol–water partition coefficient (Wildman–Crippen LogP) is 3.89. The number of benzene rings is 2. The van der Waals surface area contributed by atoms with Crippen molar-refractivity contribution in [3.63, 3.8) is 0 Å². The maximum Gasteiger partial charge on any atom is 0.267 e. The van der Waals surface area contributed by atoms with Crippen LogP contribution in [-0.2, 0) is 17.1 Å². The number of carbonyl (C=O) groups excluding carboxylic acids is 1. The fourth-order valence-corrected chi connectivity index (χ4v) is 5.75. The summed E-state index contributed by atoms with van der Waals surface area (Å²) in [7, 11) is -1.68. The molecule has 0 spiro atoms. The highest BCUT2D eigenvalue weighted by Gasteiger charge is 2.26. The van der Waals surface area contributed by atoms with Crippen molar-refractivity contribution in [2.75, 3.05) is 19.6 Å². The zero-order valence-corrected chi connectivity index (χ0v) is 18.9. The van der Waals surface area contributed by atoms with E-state index in [4.69, 9.17) is 0 Å². The number of fused-ring (bicyclic) bond motifs is 1. The quantitative estimate of drug-likeness (QED) is 0.633. The smallest absolute Gasteiger partial charge is 0.267 e. The number of hydrogen-bond acceptors (Lipinski definition) is 3. The van der Waals surface area contributed by atoms with Crippen LogP contribution in [0.25, 0.3) is 10.9 Å². The Balaban J connectivity index is 1.54. The molecule has 1 unspecified atom stereocenters. The summed E-state index contributed by atoms with van der Waals surface area (Å²) < 4.78 is 29.4. The molecule has 7 heteroatoms. The third-order valence-electron chi connectivity index (χ3n) is 6.14. The van der Waals surface area contributed by atoms with Crippen LogP contribution in [-0.4, -0.2) is 42.8 Å². The number of aryl methyl sites for hydroxylation is 1. The van der Waals surface area contributed by atoms with Crippen LogP contribution >= 0.6 is 0 Å². The van der Waals surface area contributed by atoms with Gasteiger partial charge >= 0.3 is 0 Å². The number of sulfonamides is 1. The number of nitrogens with zero attached hydrogens (tertiary/aromatic N) is 2. The molecule has 1 aliphatic rings. The van der Waals surface area contributed by atoms with E-state index in [-0.39, 0.29) is 16.7 Å². The van der Waals surface area contributed by atoms with Crippen molar-refractivity contribution < 1.29 is 13.2 Å². The molecule has 1 fully saturated rings. The van der Waals surface area contributed by atoms with Crippen LogP contribution in [0.3, 0.4) is 0 Å². The average Bonchev–Trinajstić information content (AvgIpc) is 3.14. The summed E-state index contributed by atoms with van der Waals surface area (Å²) in [5.41, 5.74) is 2.52. The van der Waals surface area contributed by atoms with Gasteiger partial charge in [0.05, 0.1) is 4.90 Å². The molecule has 1 amide bonds. The van der Waals surface area contributed by atoms with E-state index in [0.717, 1.165) is 30.2 Å². The number of carbonyl (C=O) groups is 1. The molecule has 0 aliphatic carbocycles. The minimum Gasteiger partial charge on any atom is -0.350 e. The molecule has 0 saturated carbocycles. The van der Waals surface area contributed by atoms with Crippen molar-refractivity contribution in [2.24, 2.45) is 7.05 Å². The minimum absolute atomic E-state index is 0.165. The zero-order valence-electron chi connectivity index (χ0n) is 18.0. The number of amides is 1. The molecular formula is C24H29N3O3S. The molecule has 1 aliphatic heterocycles. The molecule has 1 saturated heterocycles. The standard InChI is InChI=1S/C24H29N3O3S/c1-18(19-9-5-3-6-10-19)17-25-24(28)23-16-20-15-21(11-12-22(20)26(23)2)31(29,30)27-13-7-4-8-14-27/h3,5-6,9-12,15-16,18H,4,7-8,13-14,17H2,1-2H3,(H,25,28). The lowest BCUT2D eigenvalue weighted by Crippen LogP contribution is -2.35. The van der Waals surface area contributed by atoms with Gasteiger partial charge in [0.25, 0.3) is 5.91 Å². The predicted molar refractivity (Wildman–Crippen MR) is 123 cm³/mol. The number of hydrogen-bond donors (Lipinski definition) is 1. The summed E-state index contributed by atoms with van der Waals surface area (Å²) >= 11 is 0. The molecule has 0 radical (unpaired) electrons.